The van der Waals surface area contributed by atoms with Crippen LogP contribution in [-0.4, -0.2) is 38.2 Å². The topological polar surface area (TPSA) is 24.5 Å². The number of nitrogens with zero attached hydrogens (tertiary/aromatic N) is 1. The first kappa shape index (κ1) is 16.0. The zero-order valence-corrected chi connectivity index (χ0v) is 12.8. The average molecular weight is 264 g/mol. The molecule has 0 spiro atoms. The molecule has 0 saturated carbocycles. The van der Waals surface area contributed by atoms with Crippen LogP contribution in [0.2, 0.25) is 0 Å². The van der Waals surface area contributed by atoms with Gasteiger partial charge < -0.3 is 15.0 Å². The van der Waals surface area contributed by atoms with Gasteiger partial charge >= 0.3 is 0 Å². The summed E-state index contributed by atoms with van der Waals surface area (Å²) in [6.45, 7) is 10.8. The lowest BCUT2D eigenvalue weighted by molar-refractivity contribution is 0.262. The number of hydrogen-bond donors (Lipinski definition) is 1. The van der Waals surface area contributed by atoms with E-state index in [0.29, 0.717) is 6.04 Å². The van der Waals surface area contributed by atoms with E-state index in [1.54, 1.807) is 7.11 Å². The molecule has 0 aliphatic carbocycles. The first-order chi connectivity index (χ1) is 9.26. The third kappa shape index (κ3) is 4.84. The Hall–Kier alpha value is -1.06. The molecule has 19 heavy (non-hydrogen) atoms. The zero-order chi connectivity index (χ0) is 14.1. The van der Waals surface area contributed by atoms with Gasteiger partial charge in [0.2, 0.25) is 0 Å². The van der Waals surface area contributed by atoms with Crippen molar-refractivity contribution in [1.82, 2.24) is 10.2 Å². The number of benzene rings is 1. The Bertz CT molecular complexity index is 350. The molecular formula is C16H28N2O. The lowest BCUT2D eigenvalue weighted by Gasteiger charge is -2.27. The molecule has 0 bridgehead atoms. The highest BCUT2D eigenvalue weighted by molar-refractivity contribution is 5.36. The summed E-state index contributed by atoms with van der Waals surface area (Å²) < 4.78 is 5.50. The molecule has 1 rings (SSSR count). The number of ether oxygens (including phenoxy) is 1. The molecular weight excluding hydrogens is 236 g/mol. The number of para-hydroxylation sites is 1. The molecule has 1 N–H and O–H groups in total. The van der Waals surface area contributed by atoms with E-state index in [1.807, 2.05) is 12.1 Å². The first-order valence-electron chi connectivity index (χ1n) is 7.35. The van der Waals surface area contributed by atoms with Gasteiger partial charge in [0.25, 0.3) is 0 Å². The maximum Gasteiger partial charge on any atom is 0.123 e. The van der Waals surface area contributed by atoms with Crippen LogP contribution < -0.4 is 10.1 Å². The average Bonchev–Trinajstić information content (AvgIpc) is 2.47. The van der Waals surface area contributed by atoms with E-state index in [-0.39, 0.29) is 0 Å². The minimum absolute atomic E-state index is 0.330. The second-order valence-corrected chi connectivity index (χ2v) is 4.73. The van der Waals surface area contributed by atoms with Crippen LogP contribution in [-0.2, 0) is 0 Å². The Labute approximate surface area is 118 Å². The van der Waals surface area contributed by atoms with Crippen molar-refractivity contribution < 1.29 is 4.74 Å². The highest BCUT2D eigenvalue weighted by Crippen LogP contribution is 2.25. The minimum Gasteiger partial charge on any atom is -0.496 e. The highest BCUT2D eigenvalue weighted by atomic mass is 16.5. The van der Waals surface area contributed by atoms with Gasteiger partial charge in [-0.25, -0.2) is 0 Å². The van der Waals surface area contributed by atoms with Gasteiger partial charge in [-0.1, -0.05) is 39.0 Å². The maximum atomic E-state index is 5.50. The molecule has 108 valence electrons. The fourth-order valence-corrected chi connectivity index (χ4v) is 2.29. The summed E-state index contributed by atoms with van der Waals surface area (Å²) in [6.07, 6.45) is 1.14. The van der Waals surface area contributed by atoms with Crippen LogP contribution in [0.5, 0.6) is 5.75 Å². The fraction of sp³-hybridized carbons (Fsp3) is 0.625. The molecule has 0 amide bonds. The van der Waals surface area contributed by atoms with E-state index in [4.69, 9.17) is 4.74 Å². The molecule has 0 heterocycles. The number of rotatable bonds is 9. The Morgan fingerprint density at radius 3 is 2.42 bits per heavy atom. The predicted molar refractivity (Wildman–Crippen MR) is 81.8 cm³/mol. The summed E-state index contributed by atoms with van der Waals surface area (Å²) in [4.78, 5) is 2.44. The molecule has 1 aromatic rings. The summed E-state index contributed by atoms with van der Waals surface area (Å²) in [5.41, 5.74) is 1.25. The Kier molecular flexibility index (Phi) is 7.53. The lowest BCUT2D eigenvalue weighted by Crippen LogP contribution is -2.35. The van der Waals surface area contributed by atoms with E-state index in [1.165, 1.54) is 5.56 Å². The van der Waals surface area contributed by atoms with Crippen molar-refractivity contribution in [1.29, 1.82) is 0 Å². The molecule has 1 unspecified atom stereocenters. The third-order valence-electron chi connectivity index (χ3n) is 3.49. The molecule has 3 nitrogen and oxygen atoms in total. The third-order valence-corrected chi connectivity index (χ3v) is 3.49. The van der Waals surface area contributed by atoms with E-state index in [9.17, 15) is 0 Å². The number of hydrogen-bond acceptors (Lipinski definition) is 3. The van der Waals surface area contributed by atoms with Gasteiger partial charge in [-0.05, 0) is 32.1 Å². The van der Waals surface area contributed by atoms with Crippen molar-refractivity contribution in [2.75, 3.05) is 33.3 Å². The smallest absolute Gasteiger partial charge is 0.123 e. The number of nitrogens with one attached hydrogen (secondary N) is 1. The van der Waals surface area contributed by atoms with E-state index in [0.717, 1.165) is 38.3 Å². The summed E-state index contributed by atoms with van der Waals surface area (Å²) in [6, 6.07) is 8.64. The van der Waals surface area contributed by atoms with Gasteiger partial charge in [0.05, 0.1) is 7.11 Å². The van der Waals surface area contributed by atoms with Crippen LogP contribution in [0.25, 0.3) is 0 Å². The molecule has 3 heteroatoms. The second kappa shape index (κ2) is 8.94. The minimum atomic E-state index is 0.330. The molecule has 0 radical (unpaired) electrons. The molecule has 0 aromatic heterocycles. The Balaban J connectivity index is 2.88. The summed E-state index contributed by atoms with van der Waals surface area (Å²) in [7, 11) is 1.74. The zero-order valence-electron chi connectivity index (χ0n) is 12.8. The number of likely N-dealkylation sites (N-methyl/N-ethyl adjacent to an activating group) is 1. The molecule has 1 atom stereocenters. The van der Waals surface area contributed by atoms with Crippen LogP contribution in [0.4, 0.5) is 0 Å². The number of methoxy groups -OCH3 is 1. The van der Waals surface area contributed by atoms with Crippen molar-refractivity contribution in [3.63, 3.8) is 0 Å². The first-order valence-corrected chi connectivity index (χ1v) is 7.35. The summed E-state index contributed by atoms with van der Waals surface area (Å²) in [5, 5.41) is 3.64. The van der Waals surface area contributed by atoms with Gasteiger partial charge in [-0.15, -0.1) is 0 Å². The second-order valence-electron chi connectivity index (χ2n) is 4.73. The van der Waals surface area contributed by atoms with Crippen LogP contribution in [0.15, 0.2) is 24.3 Å². The van der Waals surface area contributed by atoms with Gasteiger partial charge in [0.1, 0.15) is 5.75 Å². The van der Waals surface area contributed by atoms with Gasteiger partial charge in [0.15, 0.2) is 0 Å². The van der Waals surface area contributed by atoms with E-state index >= 15 is 0 Å². The molecule has 1 aromatic carbocycles. The molecule has 0 aliphatic rings. The van der Waals surface area contributed by atoms with E-state index < -0.39 is 0 Å². The Morgan fingerprint density at radius 2 is 1.84 bits per heavy atom. The van der Waals surface area contributed by atoms with Gasteiger partial charge in [-0.2, -0.15) is 0 Å². The normalized spacial score (nSPS) is 12.7. The van der Waals surface area contributed by atoms with Crippen molar-refractivity contribution in [2.45, 2.75) is 33.2 Å². The Morgan fingerprint density at radius 1 is 1.16 bits per heavy atom. The van der Waals surface area contributed by atoms with Crippen LogP contribution in [0.3, 0.4) is 0 Å². The van der Waals surface area contributed by atoms with E-state index in [2.05, 4.69) is 43.1 Å². The van der Waals surface area contributed by atoms with Crippen molar-refractivity contribution in [3.8, 4) is 5.75 Å². The lowest BCUT2D eigenvalue weighted by atomic mass is 10.0. The SMILES string of the molecule is CCCNC(CN(CC)CC)c1ccccc1OC. The quantitative estimate of drug-likeness (QED) is 0.742. The molecule has 0 aliphatic heterocycles. The molecule has 0 fully saturated rings. The summed E-state index contributed by atoms with van der Waals surface area (Å²) in [5.74, 6) is 0.975. The summed E-state index contributed by atoms with van der Waals surface area (Å²) >= 11 is 0. The monoisotopic (exact) mass is 264 g/mol. The largest absolute Gasteiger partial charge is 0.496 e. The van der Waals surface area contributed by atoms with Crippen LogP contribution in [0, 0.1) is 0 Å². The molecule has 0 saturated heterocycles. The van der Waals surface area contributed by atoms with Crippen molar-refractivity contribution in [3.05, 3.63) is 29.8 Å². The van der Waals surface area contributed by atoms with Crippen LogP contribution in [0.1, 0.15) is 38.8 Å². The fourth-order valence-electron chi connectivity index (χ4n) is 2.29. The maximum absolute atomic E-state index is 5.50. The van der Waals surface area contributed by atoms with Crippen LogP contribution >= 0.6 is 0 Å². The predicted octanol–water partition coefficient (Wildman–Crippen LogP) is 3.08. The van der Waals surface area contributed by atoms with Crippen molar-refractivity contribution >= 4 is 0 Å². The van der Waals surface area contributed by atoms with Gasteiger partial charge in [-0.3, -0.25) is 0 Å². The highest BCUT2D eigenvalue weighted by Gasteiger charge is 2.17. The standard InChI is InChI=1S/C16H28N2O/c1-5-12-17-15(13-18(6-2)7-3)14-10-8-9-11-16(14)19-4/h8-11,15,17H,5-7,12-13H2,1-4H3. The van der Waals surface area contributed by atoms with Crippen molar-refractivity contribution in [2.24, 2.45) is 0 Å². The van der Waals surface area contributed by atoms with Gasteiger partial charge in [0, 0.05) is 18.2 Å².